The molecule has 6 rings (SSSR count). The molecule has 4 aromatic rings. The highest BCUT2D eigenvalue weighted by atomic mass is 19.1. The third-order valence-corrected chi connectivity index (χ3v) is 7.98. The number of ether oxygens (including phenoxy) is 1. The number of hydrogen-bond acceptors (Lipinski definition) is 6. The molecule has 9 heteroatoms. The average molecular weight is 491 g/mol. The molecule has 2 aliphatic rings. The number of pyridine rings is 1. The molecule has 0 bridgehead atoms. The summed E-state index contributed by atoms with van der Waals surface area (Å²) < 4.78 is 22.4. The summed E-state index contributed by atoms with van der Waals surface area (Å²) in [5.41, 5.74) is 4.21. The van der Waals surface area contributed by atoms with Crippen molar-refractivity contribution in [3.8, 4) is 16.9 Å². The summed E-state index contributed by atoms with van der Waals surface area (Å²) in [6.45, 7) is 6.92. The highest BCUT2D eigenvalue weighted by Crippen LogP contribution is 2.34. The van der Waals surface area contributed by atoms with Crippen molar-refractivity contribution in [1.82, 2.24) is 24.5 Å². The Morgan fingerprint density at radius 3 is 2.53 bits per heavy atom. The van der Waals surface area contributed by atoms with Crippen LogP contribution in [0.25, 0.3) is 27.7 Å². The highest BCUT2D eigenvalue weighted by molar-refractivity contribution is 5.98. The van der Waals surface area contributed by atoms with E-state index >= 15 is 0 Å². The number of piperazine rings is 1. The lowest BCUT2D eigenvalue weighted by Gasteiger charge is -2.44. The maximum atomic E-state index is 14.2. The second kappa shape index (κ2) is 8.97. The molecule has 0 saturated carbocycles. The Balaban J connectivity index is 1.22. The normalized spacial score (nSPS) is 19.3. The largest absolute Gasteiger partial charge is 0.494 e. The predicted molar refractivity (Wildman–Crippen MR) is 139 cm³/mol. The highest BCUT2D eigenvalue weighted by Gasteiger charge is 2.31. The van der Waals surface area contributed by atoms with Crippen molar-refractivity contribution in [3.05, 3.63) is 48.8 Å². The first kappa shape index (κ1) is 23.1. The van der Waals surface area contributed by atoms with Gasteiger partial charge in [-0.1, -0.05) is 0 Å². The summed E-state index contributed by atoms with van der Waals surface area (Å²) in [6, 6.07) is 5.69. The molecule has 0 unspecified atom stereocenters. The topological polar surface area (TPSA) is 58.8 Å². The third-order valence-electron chi connectivity index (χ3n) is 7.98. The van der Waals surface area contributed by atoms with Crippen LogP contribution in [0.2, 0.25) is 0 Å². The van der Waals surface area contributed by atoms with Gasteiger partial charge in [-0.05, 0) is 30.5 Å². The van der Waals surface area contributed by atoms with Crippen molar-refractivity contribution >= 4 is 22.2 Å². The number of likely N-dealkylation sites (N-methyl/N-ethyl adjacent to an activating group) is 1. The molecule has 1 aromatic carbocycles. The molecule has 0 atom stereocenters. The number of rotatable bonds is 4. The molecule has 0 aliphatic carbocycles. The number of methoxy groups -OCH3 is 1. The minimum Gasteiger partial charge on any atom is -0.494 e. The number of fused-ring (bicyclic) bond motifs is 2. The Morgan fingerprint density at radius 2 is 1.78 bits per heavy atom. The van der Waals surface area contributed by atoms with E-state index in [1.807, 2.05) is 23.0 Å². The van der Waals surface area contributed by atoms with E-state index in [9.17, 15) is 4.39 Å². The Hall–Kier alpha value is -3.30. The molecular formula is C27H33FN7O+. The zero-order valence-corrected chi connectivity index (χ0v) is 21.2. The lowest BCUT2D eigenvalue weighted by molar-refractivity contribution is -0.894. The van der Waals surface area contributed by atoms with Gasteiger partial charge < -0.3 is 14.1 Å². The van der Waals surface area contributed by atoms with Gasteiger partial charge in [0.1, 0.15) is 0 Å². The minimum atomic E-state index is -0.427. The summed E-state index contributed by atoms with van der Waals surface area (Å²) in [7, 11) is 6.13. The van der Waals surface area contributed by atoms with Crippen molar-refractivity contribution < 1.29 is 13.6 Å². The van der Waals surface area contributed by atoms with E-state index in [4.69, 9.17) is 9.72 Å². The maximum Gasteiger partial charge on any atom is 0.167 e. The number of nitrogens with zero attached hydrogens (tertiary/aromatic N) is 7. The summed E-state index contributed by atoms with van der Waals surface area (Å²) in [6.07, 6.45) is 9.88. The monoisotopic (exact) mass is 490 g/mol. The molecule has 0 amide bonds. The van der Waals surface area contributed by atoms with Gasteiger partial charge in [-0.3, -0.25) is 9.88 Å². The molecule has 5 heterocycles. The maximum absolute atomic E-state index is 14.2. The van der Waals surface area contributed by atoms with E-state index in [1.54, 1.807) is 12.3 Å². The fourth-order valence-corrected chi connectivity index (χ4v) is 5.63. The van der Waals surface area contributed by atoms with Crippen LogP contribution in [-0.4, -0.2) is 95.5 Å². The van der Waals surface area contributed by atoms with Gasteiger partial charge in [0.25, 0.3) is 0 Å². The summed E-state index contributed by atoms with van der Waals surface area (Å²) in [4.78, 5) is 14.3. The van der Waals surface area contributed by atoms with Crippen LogP contribution in [0, 0.1) is 5.82 Å². The quantitative estimate of drug-likeness (QED) is 0.409. The van der Waals surface area contributed by atoms with Gasteiger partial charge in [0.05, 0.1) is 64.1 Å². The van der Waals surface area contributed by atoms with Crippen molar-refractivity contribution in [2.45, 2.75) is 18.9 Å². The van der Waals surface area contributed by atoms with Gasteiger partial charge in [-0.2, -0.15) is 5.10 Å². The van der Waals surface area contributed by atoms with Crippen LogP contribution >= 0.6 is 0 Å². The van der Waals surface area contributed by atoms with Gasteiger partial charge in [0, 0.05) is 55.4 Å². The average Bonchev–Trinajstić information content (AvgIpc) is 3.31. The van der Waals surface area contributed by atoms with Crippen LogP contribution in [0.4, 0.5) is 10.1 Å². The first-order valence-electron chi connectivity index (χ1n) is 12.7. The predicted octanol–water partition coefficient (Wildman–Crippen LogP) is 3.45. The summed E-state index contributed by atoms with van der Waals surface area (Å²) in [5.74, 6) is -0.233. The molecule has 36 heavy (non-hydrogen) atoms. The first-order chi connectivity index (χ1) is 17.4. The van der Waals surface area contributed by atoms with Crippen molar-refractivity contribution in [2.24, 2.45) is 0 Å². The van der Waals surface area contributed by atoms with Crippen LogP contribution in [-0.2, 0) is 0 Å². The number of hydrogen-bond donors (Lipinski definition) is 0. The standard InChI is InChI=1S/C27H33FN7O/c1-35(2)12-10-33(11-13-35)19-5-8-32(9-6-19)20-16-30-27-23(17-31-34(27)18-20)21-4-7-29-25-15-24(28)26(36-3)14-22(21)25/h4,7,14-19H,5-6,8-13H2,1-3H3/q+1. The van der Waals surface area contributed by atoms with E-state index in [2.05, 4.69) is 40.2 Å². The van der Waals surface area contributed by atoms with Crippen molar-refractivity contribution in [2.75, 3.05) is 65.4 Å². The lowest BCUT2D eigenvalue weighted by atomic mass is 10.0. The van der Waals surface area contributed by atoms with E-state index in [0.717, 1.165) is 45.4 Å². The molecule has 0 radical (unpaired) electrons. The van der Waals surface area contributed by atoms with Crippen molar-refractivity contribution in [1.29, 1.82) is 0 Å². The number of benzene rings is 1. The molecule has 188 valence electrons. The summed E-state index contributed by atoms with van der Waals surface area (Å²) in [5, 5.41) is 5.42. The van der Waals surface area contributed by atoms with Gasteiger partial charge in [-0.25, -0.2) is 13.9 Å². The molecule has 2 saturated heterocycles. The molecule has 0 spiro atoms. The van der Waals surface area contributed by atoms with E-state index < -0.39 is 5.82 Å². The zero-order chi connectivity index (χ0) is 24.9. The number of piperidine rings is 1. The fraction of sp³-hybridized carbons (Fsp3) is 0.444. The smallest absolute Gasteiger partial charge is 0.167 e. The zero-order valence-electron chi connectivity index (χ0n) is 21.2. The molecule has 8 nitrogen and oxygen atoms in total. The molecule has 2 fully saturated rings. The fourth-order valence-electron chi connectivity index (χ4n) is 5.63. The second-order valence-corrected chi connectivity index (χ2v) is 10.6. The first-order valence-corrected chi connectivity index (χ1v) is 12.7. The van der Waals surface area contributed by atoms with Crippen LogP contribution in [0.5, 0.6) is 5.75 Å². The van der Waals surface area contributed by atoms with Gasteiger partial charge >= 0.3 is 0 Å². The molecular weight excluding hydrogens is 457 g/mol. The SMILES string of the molecule is COc1cc2c(-c3cnn4cc(N5CCC(N6CC[N+](C)(C)CC6)CC5)cnc34)ccnc2cc1F. The van der Waals surface area contributed by atoms with Gasteiger partial charge in [-0.15, -0.1) is 0 Å². The Bertz CT molecular complexity index is 1400. The van der Waals surface area contributed by atoms with Crippen LogP contribution in [0.15, 0.2) is 43.0 Å². The number of halogens is 1. The Morgan fingerprint density at radius 1 is 1.00 bits per heavy atom. The van der Waals surface area contributed by atoms with E-state index in [-0.39, 0.29) is 5.75 Å². The van der Waals surface area contributed by atoms with E-state index in [1.165, 1.54) is 52.2 Å². The Labute approximate surface area is 210 Å². The number of anilines is 1. The van der Waals surface area contributed by atoms with Crippen molar-refractivity contribution in [3.63, 3.8) is 0 Å². The molecule has 2 aliphatic heterocycles. The van der Waals surface area contributed by atoms with Crippen LogP contribution in [0.3, 0.4) is 0 Å². The number of quaternary nitrogens is 1. The number of aromatic nitrogens is 4. The van der Waals surface area contributed by atoms with Crippen LogP contribution in [0.1, 0.15) is 12.8 Å². The second-order valence-electron chi connectivity index (χ2n) is 10.6. The van der Waals surface area contributed by atoms with E-state index in [0.29, 0.717) is 11.6 Å². The summed E-state index contributed by atoms with van der Waals surface area (Å²) >= 11 is 0. The minimum absolute atomic E-state index is 0.194. The van der Waals surface area contributed by atoms with Gasteiger partial charge in [0.15, 0.2) is 17.2 Å². The molecule has 0 N–H and O–H groups in total. The Kier molecular flexibility index (Phi) is 5.76. The molecule has 3 aromatic heterocycles. The van der Waals surface area contributed by atoms with Gasteiger partial charge in [0.2, 0.25) is 0 Å². The lowest BCUT2D eigenvalue weighted by Crippen LogP contribution is -2.58. The third kappa shape index (κ3) is 4.16. The van der Waals surface area contributed by atoms with Crippen LogP contribution < -0.4 is 9.64 Å².